The molecule has 0 spiro atoms. The van der Waals surface area contributed by atoms with Crippen molar-refractivity contribution in [1.29, 1.82) is 0 Å². The van der Waals surface area contributed by atoms with E-state index < -0.39 is 21.3 Å². The van der Waals surface area contributed by atoms with E-state index in [-0.39, 0.29) is 42.1 Å². The van der Waals surface area contributed by atoms with E-state index in [1.54, 1.807) is 0 Å². The minimum absolute atomic E-state index is 0. The van der Waals surface area contributed by atoms with Crippen LogP contribution in [0.1, 0.15) is 84.0 Å². The van der Waals surface area contributed by atoms with Gasteiger partial charge in [-0.3, -0.25) is 9.35 Å². The summed E-state index contributed by atoms with van der Waals surface area (Å²) < 4.78 is 30.7. The Morgan fingerprint density at radius 3 is 2.12 bits per heavy atom. The molecular weight excluding hydrogens is 367 g/mol. The fraction of sp³-hybridized carbons (Fsp3) is 0.833. The molecule has 26 heavy (non-hydrogen) atoms. The largest absolute Gasteiger partial charge is 0.480 e. The number of allylic oxidation sites excluding steroid dienone is 1. The zero-order valence-electron chi connectivity index (χ0n) is 16.3. The third kappa shape index (κ3) is 16.3. The average Bonchev–Trinajstić information content (AvgIpc) is 2.51. The molecule has 8 heteroatoms. The van der Waals surface area contributed by atoms with E-state index in [1.807, 2.05) is 12.2 Å². The normalized spacial score (nSPS) is 14.1. The Hall–Kier alpha value is 0.0800. The molecule has 0 rings (SSSR count). The summed E-state index contributed by atoms with van der Waals surface area (Å²) in [6.45, 7) is 2.16. The molecule has 0 fully saturated rings. The second-order valence-electron chi connectivity index (χ2n) is 6.54. The molecule has 1 radical (unpaired) electrons. The maximum atomic E-state index is 10.9. The monoisotopic (exact) mass is 401 g/mol. The van der Waals surface area contributed by atoms with Crippen LogP contribution in [0.2, 0.25) is 0 Å². The Morgan fingerprint density at radius 1 is 0.962 bits per heavy atom. The van der Waals surface area contributed by atoms with Crippen LogP contribution in [0.4, 0.5) is 0 Å². The minimum Gasteiger partial charge on any atom is -0.480 e. The maximum Gasteiger partial charge on any atom is 0.324 e. The Labute approximate surface area is 180 Å². The number of carbonyl (C=O) groups is 1. The molecule has 1 unspecified atom stereocenters. The number of hydrogen-bond acceptors (Lipinski definition) is 4. The summed E-state index contributed by atoms with van der Waals surface area (Å²) in [6, 6.07) is 0. The van der Waals surface area contributed by atoms with Crippen LogP contribution >= 0.6 is 0 Å². The standard InChI is InChI=1S/C18H34O6S.Na/c1-2-3-4-10-13-16(19)14-11-8-6-5-7-9-12-15-17(18(20)21)25(22,23)24;/h8,11,16-17,19H,2-7,9-10,12-15H2,1H3,(H,20,21)(H,22,23,24);/t16-,17?;/m1./s1. The van der Waals surface area contributed by atoms with Gasteiger partial charge in [0.2, 0.25) is 0 Å². The van der Waals surface area contributed by atoms with Crippen molar-refractivity contribution >= 4 is 45.6 Å². The van der Waals surface area contributed by atoms with Crippen LogP contribution in [0.3, 0.4) is 0 Å². The number of hydrogen-bond donors (Lipinski definition) is 3. The van der Waals surface area contributed by atoms with Crippen molar-refractivity contribution < 1.29 is 28.0 Å². The van der Waals surface area contributed by atoms with Crippen molar-refractivity contribution in [2.24, 2.45) is 0 Å². The van der Waals surface area contributed by atoms with Gasteiger partial charge in [-0.25, -0.2) is 0 Å². The smallest absolute Gasteiger partial charge is 0.324 e. The van der Waals surface area contributed by atoms with Crippen LogP contribution in [0, 0.1) is 0 Å². The van der Waals surface area contributed by atoms with Gasteiger partial charge >= 0.3 is 5.97 Å². The summed E-state index contributed by atoms with van der Waals surface area (Å²) in [5.74, 6) is -1.50. The van der Waals surface area contributed by atoms with Gasteiger partial charge in [0.15, 0.2) is 5.25 Å². The SMILES string of the molecule is CCCCCC[C@@H](O)CC=CCCCCCCC(C(=O)O)S(=O)(=O)O.[Na]. The third-order valence-electron chi connectivity index (χ3n) is 4.19. The summed E-state index contributed by atoms with van der Waals surface area (Å²) in [7, 11) is -4.52. The summed E-state index contributed by atoms with van der Waals surface area (Å²) in [6.07, 6.45) is 13.8. The summed E-state index contributed by atoms with van der Waals surface area (Å²) in [5.41, 5.74) is 0. The number of aliphatic hydroxyl groups is 1. The first-order valence-corrected chi connectivity index (χ1v) is 10.8. The minimum atomic E-state index is -4.52. The molecule has 0 aromatic carbocycles. The zero-order chi connectivity index (χ0) is 19.1. The van der Waals surface area contributed by atoms with Gasteiger partial charge in [0.1, 0.15) is 0 Å². The maximum absolute atomic E-state index is 10.9. The Balaban J connectivity index is 0. The molecule has 0 aromatic rings. The van der Waals surface area contributed by atoms with Gasteiger partial charge < -0.3 is 10.2 Å². The predicted octanol–water partition coefficient (Wildman–Crippen LogP) is 3.56. The van der Waals surface area contributed by atoms with Gasteiger partial charge in [0.05, 0.1) is 6.10 Å². The summed E-state index contributed by atoms with van der Waals surface area (Å²) in [4.78, 5) is 10.8. The van der Waals surface area contributed by atoms with Gasteiger partial charge in [-0.1, -0.05) is 64.0 Å². The molecular formula is C18H34NaO6S. The van der Waals surface area contributed by atoms with Crippen LogP contribution in [0.15, 0.2) is 12.2 Å². The summed E-state index contributed by atoms with van der Waals surface area (Å²) in [5, 5.41) is 16.9. The molecule has 0 aromatic heterocycles. The van der Waals surface area contributed by atoms with Crippen molar-refractivity contribution in [3.63, 3.8) is 0 Å². The van der Waals surface area contributed by atoms with E-state index in [2.05, 4.69) is 6.92 Å². The molecule has 3 N–H and O–H groups in total. The molecule has 0 aliphatic rings. The quantitative estimate of drug-likeness (QED) is 0.158. The third-order valence-corrected chi connectivity index (χ3v) is 5.34. The fourth-order valence-electron chi connectivity index (χ4n) is 2.64. The van der Waals surface area contributed by atoms with E-state index in [1.165, 1.54) is 19.3 Å². The molecule has 0 saturated carbocycles. The number of carboxylic acids is 1. The molecule has 0 heterocycles. The van der Waals surface area contributed by atoms with Crippen molar-refractivity contribution in [3.8, 4) is 0 Å². The fourth-order valence-corrected chi connectivity index (χ4v) is 3.36. The molecule has 0 amide bonds. The number of carboxylic acid groups (broad SMARTS) is 1. The zero-order valence-corrected chi connectivity index (χ0v) is 19.1. The van der Waals surface area contributed by atoms with Crippen LogP contribution in [-0.4, -0.2) is 70.1 Å². The molecule has 0 aliphatic heterocycles. The Bertz CT molecular complexity index is 478. The number of aliphatic carboxylic acids is 1. The van der Waals surface area contributed by atoms with Crippen LogP contribution in [0.5, 0.6) is 0 Å². The average molecular weight is 402 g/mol. The van der Waals surface area contributed by atoms with E-state index in [0.29, 0.717) is 12.8 Å². The van der Waals surface area contributed by atoms with Crippen molar-refractivity contribution in [1.82, 2.24) is 0 Å². The van der Waals surface area contributed by atoms with E-state index >= 15 is 0 Å². The second-order valence-corrected chi connectivity index (χ2v) is 8.14. The van der Waals surface area contributed by atoms with Crippen molar-refractivity contribution in [2.75, 3.05) is 0 Å². The first kappa shape index (κ1) is 28.3. The first-order chi connectivity index (χ1) is 11.8. The van der Waals surface area contributed by atoms with Crippen molar-refractivity contribution in [2.45, 2.75) is 95.3 Å². The van der Waals surface area contributed by atoms with E-state index in [9.17, 15) is 18.3 Å². The molecule has 6 nitrogen and oxygen atoms in total. The number of unbranched alkanes of at least 4 members (excludes halogenated alkanes) is 7. The van der Waals surface area contributed by atoms with Gasteiger partial charge in [-0.15, -0.1) is 0 Å². The van der Waals surface area contributed by atoms with E-state index in [0.717, 1.165) is 38.5 Å². The van der Waals surface area contributed by atoms with Crippen molar-refractivity contribution in [3.05, 3.63) is 12.2 Å². The summed E-state index contributed by atoms with van der Waals surface area (Å²) >= 11 is 0. The molecule has 0 aliphatic carbocycles. The first-order valence-electron chi connectivity index (χ1n) is 9.31. The topological polar surface area (TPSA) is 112 Å². The molecule has 0 bridgehead atoms. The predicted molar refractivity (Wildman–Crippen MR) is 105 cm³/mol. The van der Waals surface area contributed by atoms with Gasteiger partial charge in [0, 0.05) is 29.6 Å². The number of aliphatic hydroxyl groups excluding tert-OH is 1. The Kier molecular flexibility index (Phi) is 18.7. The van der Waals surface area contributed by atoms with Crippen LogP contribution in [0.25, 0.3) is 0 Å². The van der Waals surface area contributed by atoms with Crippen LogP contribution in [-0.2, 0) is 14.9 Å². The second kappa shape index (κ2) is 17.2. The molecule has 149 valence electrons. The number of rotatable bonds is 16. The van der Waals surface area contributed by atoms with E-state index in [4.69, 9.17) is 9.66 Å². The molecule has 0 saturated heterocycles. The van der Waals surface area contributed by atoms with Gasteiger partial charge in [-0.05, 0) is 32.1 Å². The van der Waals surface area contributed by atoms with Crippen LogP contribution < -0.4 is 0 Å². The molecule has 2 atom stereocenters. The Morgan fingerprint density at radius 2 is 1.54 bits per heavy atom. The van der Waals surface area contributed by atoms with Gasteiger partial charge in [-0.2, -0.15) is 8.42 Å². The van der Waals surface area contributed by atoms with Gasteiger partial charge in [0.25, 0.3) is 10.1 Å².